The Labute approximate surface area is 127 Å². The third-order valence-corrected chi connectivity index (χ3v) is 3.97. The van der Waals surface area contributed by atoms with Gasteiger partial charge in [-0.3, -0.25) is 0 Å². The number of nitrogen functional groups attached to an aromatic ring is 1. The summed E-state index contributed by atoms with van der Waals surface area (Å²) in [5.41, 5.74) is 10.1. The van der Waals surface area contributed by atoms with Gasteiger partial charge in [0, 0.05) is 28.8 Å². The molecule has 4 heteroatoms. The summed E-state index contributed by atoms with van der Waals surface area (Å²) >= 11 is 9.46. The molecule has 0 fully saturated rings. The van der Waals surface area contributed by atoms with Gasteiger partial charge in [0.05, 0.1) is 5.69 Å². The lowest BCUT2D eigenvalue weighted by molar-refractivity contribution is 0.919. The van der Waals surface area contributed by atoms with Crippen molar-refractivity contribution in [2.45, 2.75) is 13.5 Å². The van der Waals surface area contributed by atoms with Crippen LogP contribution in [0.15, 0.2) is 40.9 Å². The van der Waals surface area contributed by atoms with E-state index in [2.05, 4.69) is 33.9 Å². The van der Waals surface area contributed by atoms with Crippen molar-refractivity contribution < 1.29 is 0 Å². The van der Waals surface area contributed by atoms with E-state index in [-0.39, 0.29) is 0 Å². The molecule has 0 unspecified atom stereocenters. The monoisotopic (exact) mass is 338 g/mol. The SMILES string of the molecule is Cc1cc(N(C)Cc2ccc(Cl)cc2)c(Br)cc1N. The van der Waals surface area contributed by atoms with Crippen LogP contribution in [0.5, 0.6) is 0 Å². The molecule has 0 radical (unpaired) electrons. The third-order valence-electron chi connectivity index (χ3n) is 3.08. The van der Waals surface area contributed by atoms with E-state index < -0.39 is 0 Å². The maximum Gasteiger partial charge on any atom is 0.0515 e. The first-order valence-electron chi connectivity index (χ1n) is 5.98. The van der Waals surface area contributed by atoms with Crippen molar-refractivity contribution in [3.05, 3.63) is 57.0 Å². The van der Waals surface area contributed by atoms with Crippen molar-refractivity contribution in [3.8, 4) is 0 Å². The molecule has 2 rings (SSSR count). The number of nitrogens with two attached hydrogens (primary N) is 1. The average Bonchev–Trinajstić information content (AvgIpc) is 2.36. The maximum atomic E-state index is 5.90. The van der Waals surface area contributed by atoms with Crippen LogP contribution >= 0.6 is 27.5 Å². The van der Waals surface area contributed by atoms with Crippen molar-refractivity contribution in [1.82, 2.24) is 0 Å². The molecule has 100 valence electrons. The van der Waals surface area contributed by atoms with Gasteiger partial charge in [-0.15, -0.1) is 0 Å². The van der Waals surface area contributed by atoms with Crippen LogP contribution in [0.1, 0.15) is 11.1 Å². The highest BCUT2D eigenvalue weighted by Crippen LogP contribution is 2.31. The van der Waals surface area contributed by atoms with Crippen LogP contribution in [-0.2, 0) is 6.54 Å². The molecular weight excluding hydrogens is 324 g/mol. The number of hydrogen-bond acceptors (Lipinski definition) is 2. The van der Waals surface area contributed by atoms with Crippen molar-refractivity contribution in [2.24, 2.45) is 0 Å². The Bertz CT molecular complexity index is 581. The van der Waals surface area contributed by atoms with Crippen molar-refractivity contribution in [3.63, 3.8) is 0 Å². The Kier molecular flexibility index (Phi) is 4.38. The van der Waals surface area contributed by atoms with Crippen molar-refractivity contribution in [2.75, 3.05) is 17.7 Å². The van der Waals surface area contributed by atoms with Crippen LogP contribution in [0.25, 0.3) is 0 Å². The predicted molar refractivity (Wildman–Crippen MR) is 86.9 cm³/mol. The molecule has 2 N–H and O–H groups in total. The Balaban J connectivity index is 2.22. The van der Waals surface area contributed by atoms with Gasteiger partial charge in [-0.2, -0.15) is 0 Å². The largest absolute Gasteiger partial charge is 0.398 e. The molecule has 0 saturated heterocycles. The highest BCUT2D eigenvalue weighted by atomic mass is 79.9. The lowest BCUT2D eigenvalue weighted by Crippen LogP contribution is -2.17. The molecule has 19 heavy (non-hydrogen) atoms. The van der Waals surface area contributed by atoms with E-state index in [1.54, 1.807) is 0 Å². The molecule has 0 atom stereocenters. The van der Waals surface area contributed by atoms with Crippen LogP contribution < -0.4 is 10.6 Å². The van der Waals surface area contributed by atoms with Gasteiger partial charge in [0.15, 0.2) is 0 Å². The summed E-state index contributed by atoms with van der Waals surface area (Å²) < 4.78 is 1.01. The van der Waals surface area contributed by atoms with Gasteiger partial charge in [-0.1, -0.05) is 23.7 Å². The third kappa shape index (κ3) is 3.43. The summed E-state index contributed by atoms with van der Waals surface area (Å²) in [5, 5.41) is 0.760. The zero-order chi connectivity index (χ0) is 14.0. The first-order valence-corrected chi connectivity index (χ1v) is 7.15. The highest BCUT2D eigenvalue weighted by molar-refractivity contribution is 9.10. The van der Waals surface area contributed by atoms with Gasteiger partial charge in [0.1, 0.15) is 0 Å². The smallest absolute Gasteiger partial charge is 0.0515 e. The van der Waals surface area contributed by atoms with E-state index in [9.17, 15) is 0 Å². The van der Waals surface area contributed by atoms with E-state index in [4.69, 9.17) is 17.3 Å². The molecule has 0 bridgehead atoms. The lowest BCUT2D eigenvalue weighted by atomic mass is 10.1. The summed E-state index contributed by atoms with van der Waals surface area (Å²) in [6, 6.07) is 11.9. The van der Waals surface area contributed by atoms with Gasteiger partial charge >= 0.3 is 0 Å². The fourth-order valence-corrected chi connectivity index (χ4v) is 2.71. The maximum absolute atomic E-state index is 5.90. The number of rotatable bonds is 3. The van der Waals surface area contributed by atoms with E-state index in [0.29, 0.717) is 0 Å². The van der Waals surface area contributed by atoms with Crippen molar-refractivity contribution in [1.29, 1.82) is 0 Å². The molecule has 0 aliphatic heterocycles. The second-order valence-electron chi connectivity index (χ2n) is 4.64. The molecule has 0 aliphatic rings. The fourth-order valence-electron chi connectivity index (χ4n) is 1.92. The molecule has 0 amide bonds. The van der Waals surface area contributed by atoms with Gasteiger partial charge in [0.2, 0.25) is 0 Å². The van der Waals surface area contributed by atoms with Crippen LogP contribution in [0.3, 0.4) is 0 Å². The molecule has 0 spiro atoms. The molecule has 0 saturated carbocycles. The minimum atomic E-state index is 0.760. The minimum absolute atomic E-state index is 0.760. The minimum Gasteiger partial charge on any atom is -0.398 e. The molecular formula is C15H16BrClN2. The number of halogens is 2. The second kappa shape index (κ2) is 5.85. The average molecular weight is 340 g/mol. The molecule has 0 heterocycles. The van der Waals surface area contributed by atoms with E-state index in [1.807, 2.05) is 37.3 Å². The summed E-state index contributed by atoms with van der Waals surface area (Å²) in [5.74, 6) is 0. The van der Waals surface area contributed by atoms with Crippen LogP contribution in [0.4, 0.5) is 11.4 Å². The van der Waals surface area contributed by atoms with E-state index >= 15 is 0 Å². The molecule has 0 aliphatic carbocycles. The van der Waals surface area contributed by atoms with Crippen molar-refractivity contribution >= 4 is 38.9 Å². The molecule has 2 aromatic rings. The first kappa shape index (κ1) is 14.2. The first-order chi connectivity index (χ1) is 8.97. The summed E-state index contributed by atoms with van der Waals surface area (Å²) in [7, 11) is 2.06. The van der Waals surface area contributed by atoms with Gasteiger partial charge in [0.25, 0.3) is 0 Å². The van der Waals surface area contributed by atoms with Crippen LogP contribution in [0, 0.1) is 6.92 Å². The van der Waals surface area contributed by atoms with Crippen LogP contribution in [-0.4, -0.2) is 7.05 Å². The van der Waals surface area contributed by atoms with Crippen LogP contribution in [0.2, 0.25) is 5.02 Å². The Morgan fingerprint density at radius 3 is 2.47 bits per heavy atom. The van der Waals surface area contributed by atoms with Gasteiger partial charge < -0.3 is 10.6 Å². The standard InChI is InChI=1S/C15H16BrClN2/c1-10-7-15(13(16)8-14(10)18)19(2)9-11-3-5-12(17)6-4-11/h3-8H,9,18H2,1-2H3. The summed E-state index contributed by atoms with van der Waals surface area (Å²) in [6.45, 7) is 2.83. The number of benzene rings is 2. The summed E-state index contributed by atoms with van der Waals surface area (Å²) in [4.78, 5) is 2.18. The zero-order valence-electron chi connectivity index (χ0n) is 11.0. The zero-order valence-corrected chi connectivity index (χ0v) is 13.3. The number of aryl methyl sites for hydroxylation is 1. The second-order valence-corrected chi connectivity index (χ2v) is 5.93. The number of nitrogens with zero attached hydrogens (tertiary/aromatic N) is 1. The van der Waals surface area contributed by atoms with Gasteiger partial charge in [-0.25, -0.2) is 0 Å². The number of anilines is 2. The predicted octanol–water partition coefficient (Wildman–Crippen LogP) is 4.63. The quantitative estimate of drug-likeness (QED) is 0.826. The fraction of sp³-hybridized carbons (Fsp3) is 0.200. The Morgan fingerprint density at radius 2 is 1.84 bits per heavy atom. The topological polar surface area (TPSA) is 29.3 Å². The lowest BCUT2D eigenvalue weighted by Gasteiger charge is -2.22. The Hall–Kier alpha value is -1.19. The molecule has 2 aromatic carbocycles. The highest BCUT2D eigenvalue weighted by Gasteiger charge is 2.09. The van der Waals surface area contributed by atoms with E-state index in [0.717, 1.165) is 33.0 Å². The summed E-state index contributed by atoms with van der Waals surface area (Å²) in [6.07, 6.45) is 0. The van der Waals surface area contributed by atoms with Gasteiger partial charge in [-0.05, 0) is 58.2 Å². The Morgan fingerprint density at radius 1 is 1.21 bits per heavy atom. The van der Waals surface area contributed by atoms with E-state index in [1.165, 1.54) is 5.56 Å². The number of hydrogen-bond donors (Lipinski definition) is 1. The molecule has 2 nitrogen and oxygen atoms in total. The normalized spacial score (nSPS) is 10.5. The molecule has 0 aromatic heterocycles.